The van der Waals surface area contributed by atoms with Gasteiger partial charge in [0.25, 0.3) is 5.91 Å². The van der Waals surface area contributed by atoms with Crippen molar-refractivity contribution in [3.05, 3.63) is 52.9 Å². The van der Waals surface area contributed by atoms with Crippen molar-refractivity contribution in [3.8, 4) is 11.4 Å². The first-order valence-corrected chi connectivity index (χ1v) is 12.8. The SMILES string of the molecule is COc1ccccc1-n1c(C)cc(/C=C2\C(=N)N3N=C(CC(=O)N4CCCCC4)SC3=NC2=O)c1C. The number of aliphatic imine (C=N–C) groups is 1. The minimum Gasteiger partial charge on any atom is -0.495 e. The second kappa shape index (κ2) is 9.77. The van der Waals surface area contributed by atoms with Crippen molar-refractivity contribution in [1.29, 1.82) is 5.41 Å². The maximum absolute atomic E-state index is 12.9. The minimum atomic E-state index is -0.486. The average molecular weight is 505 g/mol. The Bertz CT molecular complexity index is 1350. The maximum atomic E-state index is 12.9. The number of amides is 2. The predicted molar refractivity (Wildman–Crippen MR) is 142 cm³/mol. The van der Waals surface area contributed by atoms with Crippen LogP contribution in [-0.2, 0) is 9.59 Å². The first-order chi connectivity index (χ1) is 17.4. The topological polar surface area (TPSA) is 103 Å². The summed E-state index contributed by atoms with van der Waals surface area (Å²) in [6.07, 6.45) is 5.04. The molecule has 0 aliphatic carbocycles. The normalized spacial score (nSPS) is 18.9. The van der Waals surface area contributed by atoms with E-state index in [2.05, 4.69) is 14.7 Å². The number of carbonyl (C=O) groups is 2. The third kappa shape index (κ3) is 4.37. The van der Waals surface area contributed by atoms with E-state index in [-0.39, 0.29) is 23.7 Å². The van der Waals surface area contributed by atoms with Gasteiger partial charge >= 0.3 is 0 Å². The van der Waals surface area contributed by atoms with E-state index in [9.17, 15) is 9.59 Å². The Kier molecular flexibility index (Phi) is 6.53. The van der Waals surface area contributed by atoms with Crippen LogP contribution >= 0.6 is 11.8 Å². The third-order valence-corrected chi connectivity index (χ3v) is 7.51. The molecule has 2 aromatic rings. The number of aromatic nitrogens is 1. The van der Waals surface area contributed by atoms with Gasteiger partial charge in [0.2, 0.25) is 11.1 Å². The van der Waals surface area contributed by atoms with Gasteiger partial charge in [-0.2, -0.15) is 15.1 Å². The molecule has 2 amide bonds. The number of thioether (sulfide) groups is 1. The van der Waals surface area contributed by atoms with E-state index >= 15 is 0 Å². The number of piperidine rings is 1. The Labute approximate surface area is 214 Å². The predicted octanol–water partition coefficient (Wildman–Crippen LogP) is 4.12. The number of hydrogen-bond donors (Lipinski definition) is 1. The summed E-state index contributed by atoms with van der Waals surface area (Å²) in [7, 11) is 1.64. The molecule has 0 bridgehead atoms. The molecule has 0 unspecified atom stereocenters. The molecule has 1 aromatic carbocycles. The number of nitrogens with one attached hydrogen (secondary N) is 1. The third-order valence-electron chi connectivity index (χ3n) is 6.60. The number of nitrogens with zero attached hydrogens (tertiary/aromatic N) is 5. The van der Waals surface area contributed by atoms with Crippen LogP contribution in [0.15, 0.2) is 46.0 Å². The molecule has 9 nitrogen and oxygen atoms in total. The fraction of sp³-hybridized carbons (Fsp3) is 0.346. The van der Waals surface area contributed by atoms with Crippen LogP contribution in [0, 0.1) is 19.3 Å². The van der Waals surface area contributed by atoms with Crippen LogP contribution in [-0.4, -0.2) is 62.5 Å². The van der Waals surface area contributed by atoms with Crippen LogP contribution in [0.3, 0.4) is 0 Å². The fourth-order valence-electron chi connectivity index (χ4n) is 4.76. The van der Waals surface area contributed by atoms with Gasteiger partial charge in [-0.25, -0.2) is 0 Å². The summed E-state index contributed by atoms with van der Waals surface area (Å²) in [6, 6.07) is 9.71. The fourth-order valence-corrected chi connectivity index (χ4v) is 5.64. The molecule has 1 aromatic heterocycles. The van der Waals surface area contributed by atoms with Gasteiger partial charge in [0.1, 0.15) is 10.8 Å². The lowest BCUT2D eigenvalue weighted by Gasteiger charge is -2.26. The molecule has 3 aliphatic heterocycles. The van der Waals surface area contributed by atoms with E-state index in [0.717, 1.165) is 60.7 Å². The van der Waals surface area contributed by atoms with Crippen molar-refractivity contribution in [2.75, 3.05) is 20.2 Å². The average Bonchev–Trinajstić information content (AvgIpc) is 3.41. The number of methoxy groups -OCH3 is 1. The highest BCUT2D eigenvalue weighted by atomic mass is 32.2. The summed E-state index contributed by atoms with van der Waals surface area (Å²) in [6.45, 7) is 5.50. The lowest BCUT2D eigenvalue weighted by Crippen LogP contribution is -2.36. The highest BCUT2D eigenvalue weighted by Gasteiger charge is 2.36. The Morgan fingerprint density at radius 2 is 1.94 bits per heavy atom. The molecule has 186 valence electrons. The molecule has 10 heteroatoms. The second-order valence-corrected chi connectivity index (χ2v) is 10.0. The molecule has 1 fully saturated rings. The Morgan fingerprint density at radius 3 is 2.69 bits per heavy atom. The largest absolute Gasteiger partial charge is 0.495 e. The zero-order valence-corrected chi connectivity index (χ0v) is 21.4. The van der Waals surface area contributed by atoms with Gasteiger partial charge in [0.05, 0.1) is 24.8 Å². The number of aryl methyl sites for hydroxylation is 1. The first kappa shape index (κ1) is 24.1. The van der Waals surface area contributed by atoms with Gasteiger partial charge in [-0.15, -0.1) is 0 Å². The smallest absolute Gasteiger partial charge is 0.283 e. The summed E-state index contributed by atoms with van der Waals surface area (Å²) in [4.78, 5) is 31.6. The van der Waals surface area contributed by atoms with Crippen molar-refractivity contribution in [1.82, 2.24) is 14.5 Å². The molecule has 0 saturated carbocycles. The molecule has 36 heavy (non-hydrogen) atoms. The standard InChI is InChI=1S/C26H28N6O3S/c1-16-13-18(17(2)31(16)20-9-5-6-10-21(20)35-3)14-19-24(27)32-26(28-25(19)34)36-22(29-32)15-23(33)30-11-7-4-8-12-30/h5-6,9-10,13-14,27H,4,7-8,11-12,15H2,1-3H3/b19-14+,27-24?. The molecular weight excluding hydrogens is 476 g/mol. The van der Waals surface area contributed by atoms with E-state index in [1.54, 1.807) is 13.2 Å². The number of carbonyl (C=O) groups excluding carboxylic acids is 2. The number of rotatable bonds is 5. The molecule has 0 spiro atoms. The minimum absolute atomic E-state index is 0.0267. The number of likely N-dealkylation sites (tertiary alicyclic amines) is 1. The van der Waals surface area contributed by atoms with Crippen LogP contribution in [0.2, 0.25) is 0 Å². The first-order valence-electron chi connectivity index (χ1n) is 12.0. The van der Waals surface area contributed by atoms with Crippen LogP contribution in [0.4, 0.5) is 0 Å². The van der Waals surface area contributed by atoms with E-state index in [1.165, 1.54) is 16.8 Å². The van der Waals surface area contributed by atoms with Gasteiger partial charge in [0, 0.05) is 24.5 Å². The van der Waals surface area contributed by atoms with Gasteiger partial charge in [-0.1, -0.05) is 12.1 Å². The monoisotopic (exact) mass is 504 g/mol. The quantitative estimate of drug-likeness (QED) is 0.617. The highest BCUT2D eigenvalue weighted by Crippen LogP contribution is 2.32. The van der Waals surface area contributed by atoms with E-state index in [0.29, 0.717) is 10.2 Å². The molecular formula is C26H28N6O3S. The Balaban J connectivity index is 1.41. The molecule has 1 saturated heterocycles. The zero-order chi connectivity index (χ0) is 25.4. The number of para-hydroxylation sites is 2. The summed E-state index contributed by atoms with van der Waals surface area (Å²) >= 11 is 1.19. The van der Waals surface area contributed by atoms with Crippen molar-refractivity contribution in [3.63, 3.8) is 0 Å². The van der Waals surface area contributed by atoms with Crippen molar-refractivity contribution < 1.29 is 14.3 Å². The number of benzene rings is 1. The van der Waals surface area contributed by atoms with E-state index < -0.39 is 5.91 Å². The molecule has 3 aliphatic rings. The van der Waals surface area contributed by atoms with Crippen LogP contribution in [0.1, 0.15) is 42.6 Å². The maximum Gasteiger partial charge on any atom is 0.283 e. The van der Waals surface area contributed by atoms with Crippen LogP contribution < -0.4 is 4.74 Å². The van der Waals surface area contributed by atoms with E-state index in [1.807, 2.05) is 49.1 Å². The molecule has 5 rings (SSSR count). The van der Waals surface area contributed by atoms with Crippen molar-refractivity contribution >= 4 is 45.7 Å². The summed E-state index contributed by atoms with van der Waals surface area (Å²) in [5.41, 5.74) is 3.74. The van der Waals surface area contributed by atoms with Gasteiger partial charge in [-0.05, 0) is 74.7 Å². The van der Waals surface area contributed by atoms with Crippen LogP contribution in [0.5, 0.6) is 5.75 Å². The summed E-state index contributed by atoms with van der Waals surface area (Å²) in [5.74, 6) is 0.239. The number of amidine groups is 2. The molecule has 0 atom stereocenters. The van der Waals surface area contributed by atoms with Crippen molar-refractivity contribution in [2.45, 2.75) is 39.5 Å². The van der Waals surface area contributed by atoms with Gasteiger partial charge in [-0.3, -0.25) is 15.0 Å². The number of hydrazone groups is 1. The van der Waals surface area contributed by atoms with E-state index in [4.69, 9.17) is 10.1 Å². The molecule has 1 N–H and O–H groups in total. The van der Waals surface area contributed by atoms with Gasteiger partial charge < -0.3 is 14.2 Å². The van der Waals surface area contributed by atoms with Crippen molar-refractivity contribution in [2.24, 2.45) is 10.1 Å². The lowest BCUT2D eigenvalue weighted by atomic mass is 10.1. The Hall–Kier alpha value is -3.66. The summed E-state index contributed by atoms with van der Waals surface area (Å²) < 4.78 is 7.59. The summed E-state index contributed by atoms with van der Waals surface area (Å²) in [5, 5.41) is 15.4. The Morgan fingerprint density at radius 1 is 1.19 bits per heavy atom. The lowest BCUT2D eigenvalue weighted by molar-refractivity contribution is -0.130. The second-order valence-electron chi connectivity index (χ2n) is 8.97. The number of ether oxygens (including phenoxy) is 1. The zero-order valence-electron chi connectivity index (χ0n) is 20.6. The number of hydrogen-bond acceptors (Lipinski definition) is 6. The highest BCUT2D eigenvalue weighted by molar-refractivity contribution is 8.27. The van der Waals surface area contributed by atoms with Gasteiger partial charge in [0.15, 0.2) is 5.84 Å². The molecule has 0 radical (unpaired) electrons. The molecule has 4 heterocycles. The number of fused-ring (bicyclic) bond motifs is 1. The van der Waals surface area contributed by atoms with Crippen LogP contribution in [0.25, 0.3) is 11.8 Å².